The quantitative estimate of drug-likeness (QED) is 0.790. The van der Waals surface area contributed by atoms with Crippen molar-refractivity contribution in [2.75, 3.05) is 18.6 Å². The van der Waals surface area contributed by atoms with E-state index in [1.807, 2.05) is 53.4 Å². The van der Waals surface area contributed by atoms with Gasteiger partial charge in [0.25, 0.3) is 5.91 Å². The van der Waals surface area contributed by atoms with E-state index < -0.39 is 17.4 Å². The Morgan fingerprint density at radius 3 is 2.40 bits per heavy atom. The third kappa shape index (κ3) is 3.36. The summed E-state index contributed by atoms with van der Waals surface area (Å²) in [6, 6.07) is 16.9. The van der Waals surface area contributed by atoms with Crippen molar-refractivity contribution in [3.63, 3.8) is 0 Å². The molecule has 156 valence electrons. The summed E-state index contributed by atoms with van der Waals surface area (Å²) < 4.78 is 4.68. The van der Waals surface area contributed by atoms with E-state index >= 15 is 0 Å². The first kappa shape index (κ1) is 20.1. The number of nitrogens with zero attached hydrogens (tertiary/aromatic N) is 1. The van der Waals surface area contributed by atoms with Crippen molar-refractivity contribution < 1.29 is 19.1 Å². The molecule has 4 rings (SSSR count). The van der Waals surface area contributed by atoms with Crippen LogP contribution in [-0.4, -0.2) is 37.0 Å². The molecule has 2 aromatic rings. The number of hydrogen-bond donors (Lipinski definition) is 1. The molecule has 1 aliphatic heterocycles. The minimum Gasteiger partial charge on any atom is -0.468 e. The third-order valence-corrected chi connectivity index (χ3v) is 6.32. The maximum Gasteiger partial charge on any atom is 0.325 e. The van der Waals surface area contributed by atoms with Crippen LogP contribution in [0.4, 0.5) is 5.69 Å². The highest BCUT2D eigenvalue weighted by Crippen LogP contribution is 2.50. The van der Waals surface area contributed by atoms with Crippen LogP contribution < -0.4 is 10.2 Å². The molecule has 0 aromatic heterocycles. The van der Waals surface area contributed by atoms with Crippen LogP contribution in [0.2, 0.25) is 0 Å². The topological polar surface area (TPSA) is 75.7 Å². The molecule has 1 spiro atoms. The van der Waals surface area contributed by atoms with Crippen molar-refractivity contribution in [1.82, 2.24) is 5.32 Å². The van der Waals surface area contributed by atoms with E-state index in [0.29, 0.717) is 5.56 Å². The van der Waals surface area contributed by atoms with E-state index in [1.54, 1.807) is 6.07 Å². The van der Waals surface area contributed by atoms with E-state index in [2.05, 4.69) is 10.1 Å². The number of amides is 2. The first-order valence-corrected chi connectivity index (χ1v) is 10.4. The molecule has 2 aromatic carbocycles. The number of carbonyl (C=O) groups is 3. The highest BCUT2D eigenvalue weighted by Gasteiger charge is 2.55. The van der Waals surface area contributed by atoms with Crippen LogP contribution in [0, 0.1) is 0 Å². The number of anilines is 1. The molecule has 30 heavy (non-hydrogen) atoms. The molecule has 2 aliphatic rings. The summed E-state index contributed by atoms with van der Waals surface area (Å²) in [5.41, 5.74) is 1.41. The number of esters is 1. The monoisotopic (exact) mass is 406 g/mol. The van der Waals surface area contributed by atoms with Crippen LogP contribution in [0.15, 0.2) is 54.6 Å². The lowest BCUT2D eigenvalue weighted by molar-refractivity contribution is -0.141. The Bertz CT molecular complexity index is 951. The summed E-state index contributed by atoms with van der Waals surface area (Å²) in [5, 5.41) is 2.75. The van der Waals surface area contributed by atoms with Crippen LogP contribution in [-0.2, 0) is 14.3 Å². The van der Waals surface area contributed by atoms with E-state index in [4.69, 9.17) is 0 Å². The third-order valence-electron chi connectivity index (χ3n) is 6.32. The normalized spacial score (nSPS) is 19.8. The Labute approximate surface area is 176 Å². The van der Waals surface area contributed by atoms with Gasteiger partial charge in [0.05, 0.1) is 18.6 Å². The summed E-state index contributed by atoms with van der Waals surface area (Å²) in [5.74, 6) is -1.38. The zero-order chi connectivity index (χ0) is 21.1. The summed E-state index contributed by atoms with van der Waals surface area (Å²) in [7, 11) is 1.29. The lowest BCUT2D eigenvalue weighted by Gasteiger charge is -2.53. The van der Waals surface area contributed by atoms with Gasteiger partial charge in [0.15, 0.2) is 0 Å². The van der Waals surface area contributed by atoms with Crippen molar-refractivity contribution in [3.8, 4) is 0 Å². The Hall–Kier alpha value is -3.15. The fraction of sp³-hybridized carbons (Fsp3) is 0.375. The fourth-order valence-electron chi connectivity index (χ4n) is 5.03. The zero-order valence-electron chi connectivity index (χ0n) is 17.1. The number of fused-ring (bicyclic) bond motifs is 1. The molecule has 1 fully saturated rings. The predicted octanol–water partition coefficient (Wildman–Crippen LogP) is 3.42. The molecular formula is C24H26N2O4. The number of methoxy groups -OCH3 is 1. The molecule has 1 atom stereocenters. The van der Waals surface area contributed by atoms with Gasteiger partial charge in [-0.25, -0.2) is 0 Å². The Kier molecular flexibility index (Phi) is 5.57. The number of hydrogen-bond acceptors (Lipinski definition) is 4. The summed E-state index contributed by atoms with van der Waals surface area (Å²) in [4.78, 5) is 40.7. The summed E-state index contributed by atoms with van der Waals surface area (Å²) in [6.07, 6.45) is 4.44. The smallest absolute Gasteiger partial charge is 0.325 e. The van der Waals surface area contributed by atoms with E-state index in [9.17, 15) is 14.4 Å². The molecule has 1 heterocycles. The minimum absolute atomic E-state index is 0.0734. The van der Waals surface area contributed by atoms with E-state index in [1.165, 1.54) is 7.11 Å². The Morgan fingerprint density at radius 1 is 1.03 bits per heavy atom. The molecule has 6 nitrogen and oxygen atoms in total. The molecule has 0 bridgehead atoms. The van der Waals surface area contributed by atoms with Gasteiger partial charge in [0.1, 0.15) is 6.54 Å². The molecule has 0 radical (unpaired) electrons. The maximum absolute atomic E-state index is 13.7. The van der Waals surface area contributed by atoms with E-state index in [-0.39, 0.29) is 18.4 Å². The number of carbonyl (C=O) groups excluding carboxylic acids is 3. The van der Waals surface area contributed by atoms with Crippen LogP contribution >= 0.6 is 0 Å². The lowest BCUT2D eigenvalue weighted by atomic mass is 9.65. The van der Waals surface area contributed by atoms with Gasteiger partial charge in [0.2, 0.25) is 5.91 Å². The molecule has 2 amide bonds. The first-order chi connectivity index (χ1) is 14.6. The minimum atomic E-state index is -0.661. The highest BCUT2D eigenvalue weighted by molar-refractivity contribution is 6.12. The number of ether oxygens (including phenoxy) is 1. The second-order valence-electron chi connectivity index (χ2n) is 7.95. The van der Waals surface area contributed by atoms with Crippen LogP contribution in [0.1, 0.15) is 53.9 Å². The van der Waals surface area contributed by atoms with Crippen LogP contribution in [0.3, 0.4) is 0 Å². The van der Waals surface area contributed by atoms with Gasteiger partial charge in [-0.05, 0) is 36.6 Å². The van der Waals surface area contributed by atoms with E-state index in [0.717, 1.165) is 43.4 Å². The second kappa shape index (κ2) is 8.30. The molecule has 6 heteroatoms. The average molecular weight is 406 g/mol. The number of para-hydroxylation sites is 1. The molecule has 1 aliphatic carbocycles. The van der Waals surface area contributed by atoms with Crippen LogP contribution in [0.25, 0.3) is 0 Å². The van der Waals surface area contributed by atoms with Crippen molar-refractivity contribution in [1.29, 1.82) is 0 Å². The largest absolute Gasteiger partial charge is 0.468 e. The molecule has 1 N–H and O–H groups in total. The lowest BCUT2D eigenvalue weighted by Crippen LogP contribution is -2.63. The van der Waals surface area contributed by atoms with Crippen molar-refractivity contribution in [2.24, 2.45) is 0 Å². The van der Waals surface area contributed by atoms with Gasteiger partial charge in [-0.2, -0.15) is 0 Å². The van der Waals surface area contributed by atoms with Gasteiger partial charge in [0, 0.05) is 11.3 Å². The van der Waals surface area contributed by atoms with Crippen LogP contribution in [0.5, 0.6) is 0 Å². The highest BCUT2D eigenvalue weighted by atomic mass is 16.5. The SMILES string of the molecule is COC(=O)CNC(=O)C1c2ccccc2C(=O)N(c2ccccc2)C12CCCCC2. The van der Waals surface area contributed by atoms with Gasteiger partial charge < -0.3 is 15.0 Å². The van der Waals surface area contributed by atoms with Crippen molar-refractivity contribution in [3.05, 3.63) is 65.7 Å². The number of nitrogens with one attached hydrogen (secondary N) is 1. The molecular weight excluding hydrogens is 380 g/mol. The molecule has 0 saturated heterocycles. The van der Waals surface area contributed by atoms with Crippen molar-refractivity contribution >= 4 is 23.5 Å². The number of benzene rings is 2. The van der Waals surface area contributed by atoms with Gasteiger partial charge in [-0.1, -0.05) is 55.7 Å². The number of rotatable bonds is 4. The average Bonchev–Trinajstić information content (AvgIpc) is 2.79. The maximum atomic E-state index is 13.7. The summed E-state index contributed by atoms with van der Waals surface area (Å²) >= 11 is 0. The Balaban J connectivity index is 1.86. The standard InChI is InChI=1S/C24H26N2O4/c1-30-20(27)16-25-22(28)21-18-12-6-7-13-19(18)23(29)26(17-10-4-2-5-11-17)24(21)14-8-3-9-15-24/h2,4-7,10-13,21H,3,8-9,14-16H2,1H3,(H,25,28). The summed E-state index contributed by atoms with van der Waals surface area (Å²) in [6.45, 7) is -0.191. The zero-order valence-corrected chi connectivity index (χ0v) is 17.1. The fourth-order valence-corrected chi connectivity index (χ4v) is 5.03. The van der Waals surface area contributed by atoms with Gasteiger partial charge in [-0.3, -0.25) is 14.4 Å². The Morgan fingerprint density at radius 2 is 1.70 bits per heavy atom. The molecule has 1 saturated carbocycles. The van der Waals surface area contributed by atoms with Crippen molar-refractivity contribution in [2.45, 2.75) is 43.6 Å². The first-order valence-electron chi connectivity index (χ1n) is 10.4. The predicted molar refractivity (Wildman–Crippen MR) is 113 cm³/mol. The van der Waals surface area contributed by atoms with Gasteiger partial charge >= 0.3 is 5.97 Å². The molecule has 1 unspecified atom stereocenters. The second-order valence-corrected chi connectivity index (χ2v) is 7.95. The van der Waals surface area contributed by atoms with Gasteiger partial charge in [-0.15, -0.1) is 0 Å².